The molecule has 2 heterocycles. The lowest BCUT2D eigenvalue weighted by atomic mass is 10.3. The standard InChI is InChI=1S/C9H9FN4S/c10-7-5-12-4-2-6(7)9-14-13-8(15-9)1-3-11/h2,4-5H,1,3,11H2. The molecule has 0 aliphatic rings. The molecule has 0 radical (unpaired) electrons. The van der Waals surface area contributed by atoms with Crippen LogP contribution in [0.25, 0.3) is 10.6 Å². The molecule has 0 bridgehead atoms. The van der Waals surface area contributed by atoms with E-state index < -0.39 is 0 Å². The van der Waals surface area contributed by atoms with Crippen LogP contribution in [0.5, 0.6) is 0 Å². The highest BCUT2D eigenvalue weighted by atomic mass is 32.1. The molecule has 2 aromatic heterocycles. The van der Waals surface area contributed by atoms with Gasteiger partial charge in [-0.3, -0.25) is 4.98 Å². The van der Waals surface area contributed by atoms with E-state index in [0.717, 1.165) is 5.01 Å². The van der Waals surface area contributed by atoms with Gasteiger partial charge >= 0.3 is 0 Å². The van der Waals surface area contributed by atoms with Gasteiger partial charge < -0.3 is 5.73 Å². The van der Waals surface area contributed by atoms with Crippen molar-refractivity contribution in [3.63, 3.8) is 0 Å². The molecule has 0 saturated heterocycles. The number of rotatable bonds is 3. The van der Waals surface area contributed by atoms with Gasteiger partial charge in [0.25, 0.3) is 0 Å². The zero-order valence-electron chi connectivity index (χ0n) is 7.85. The number of hydrogen-bond acceptors (Lipinski definition) is 5. The molecule has 2 rings (SSSR count). The van der Waals surface area contributed by atoms with Gasteiger partial charge in [0.1, 0.15) is 5.01 Å². The quantitative estimate of drug-likeness (QED) is 0.852. The van der Waals surface area contributed by atoms with Crippen LogP contribution in [-0.4, -0.2) is 21.7 Å². The van der Waals surface area contributed by atoms with Gasteiger partial charge in [-0.2, -0.15) is 0 Å². The average Bonchev–Trinajstić information content (AvgIpc) is 2.68. The first-order chi connectivity index (χ1) is 7.31. The van der Waals surface area contributed by atoms with Crippen LogP contribution in [0.4, 0.5) is 4.39 Å². The fourth-order valence-corrected chi connectivity index (χ4v) is 2.02. The number of aromatic nitrogens is 3. The summed E-state index contributed by atoms with van der Waals surface area (Å²) in [4.78, 5) is 3.68. The molecule has 0 atom stereocenters. The molecule has 0 spiro atoms. The van der Waals surface area contributed by atoms with Crippen LogP contribution in [0, 0.1) is 5.82 Å². The monoisotopic (exact) mass is 224 g/mol. The molecular weight excluding hydrogens is 215 g/mol. The Morgan fingerprint density at radius 2 is 2.27 bits per heavy atom. The fraction of sp³-hybridized carbons (Fsp3) is 0.222. The van der Waals surface area contributed by atoms with Gasteiger partial charge in [-0.05, 0) is 12.6 Å². The topological polar surface area (TPSA) is 64.7 Å². The van der Waals surface area contributed by atoms with Crippen molar-refractivity contribution in [2.45, 2.75) is 6.42 Å². The van der Waals surface area contributed by atoms with Crippen LogP contribution in [0.1, 0.15) is 5.01 Å². The Morgan fingerprint density at radius 1 is 1.40 bits per heavy atom. The molecule has 0 aliphatic heterocycles. The molecule has 0 amide bonds. The first kappa shape index (κ1) is 10.1. The molecule has 2 aromatic rings. The van der Waals surface area contributed by atoms with Gasteiger partial charge in [0.15, 0.2) is 10.8 Å². The predicted molar refractivity (Wildman–Crippen MR) is 55.9 cm³/mol. The summed E-state index contributed by atoms with van der Waals surface area (Å²) >= 11 is 1.35. The second kappa shape index (κ2) is 4.41. The van der Waals surface area contributed by atoms with Crippen molar-refractivity contribution >= 4 is 11.3 Å². The molecule has 0 fully saturated rings. The highest BCUT2D eigenvalue weighted by Gasteiger charge is 2.10. The molecule has 0 aliphatic carbocycles. The normalized spacial score (nSPS) is 10.5. The van der Waals surface area contributed by atoms with Crippen LogP contribution >= 0.6 is 11.3 Å². The van der Waals surface area contributed by atoms with Crippen molar-refractivity contribution < 1.29 is 4.39 Å². The lowest BCUT2D eigenvalue weighted by molar-refractivity contribution is 0.624. The Morgan fingerprint density at radius 3 is 3.00 bits per heavy atom. The largest absolute Gasteiger partial charge is 0.330 e. The average molecular weight is 224 g/mol. The Balaban J connectivity index is 2.33. The van der Waals surface area contributed by atoms with Gasteiger partial charge in [0, 0.05) is 12.6 Å². The second-order valence-electron chi connectivity index (χ2n) is 2.90. The third-order valence-corrected chi connectivity index (χ3v) is 2.84. The maximum absolute atomic E-state index is 13.3. The summed E-state index contributed by atoms with van der Waals surface area (Å²) in [6.07, 6.45) is 3.37. The van der Waals surface area contributed by atoms with Gasteiger partial charge in [0.2, 0.25) is 0 Å². The Bertz CT molecular complexity index is 457. The second-order valence-corrected chi connectivity index (χ2v) is 3.96. The minimum Gasteiger partial charge on any atom is -0.330 e. The zero-order chi connectivity index (χ0) is 10.7. The minimum atomic E-state index is -0.382. The Hall–Kier alpha value is -1.40. The van der Waals surface area contributed by atoms with Crippen molar-refractivity contribution in [1.82, 2.24) is 15.2 Å². The number of nitrogens with zero attached hydrogens (tertiary/aromatic N) is 3. The van der Waals surface area contributed by atoms with Crippen molar-refractivity contribution in [1.29, 1.82) is 0 Å². The lowest BCUT2D eigenvalue weighted by Crippen LogP contribution is -2.01. The molecule has 4 nitrogen and oxygen atoms in total. The van der Waals surface area contributed by atoms with Crippen LogP contribution in [-0.2, 0) is 6.42 Å². The third kappa shape index (κ3) is 2.16. The third-order valence-electron chi connectivity index (χ3n) is 1.83. The maximum atomic E-state index is 13.3. The van der Waals surface area contributed by atoms with E-state index in [0.29, 0.717) is 23.5 Å². The number of nitrogens with two attached hydrogens (primary N) is 1. The van der Waals surface area contributed by atoms with Crippen LogP contribution in [0.3, 0.4) is 0 Å². The highest BCUT2D eigenvalue weighted by Crippen LogP contribution is 2.25. The summed E-state index contributed by atoms with van der Waals surface area (Å²) in [5.41, 5.74) is 5.83. The highest BCUT2D eigenvalue weighted by molar-refractivity contribution is 7.14. The number of pyridine rings is 1. The van der Waals surface area contributed by atoms with Crippen molar-refractivity contribution in [2.75, 3.05) is 6.54 Å². The van der Waals surface area contributed by atoms with Crippen molar-refractivity contribution in [3.05, 3.63) is 29.3 Å². The summed E-state index contributed by atoms with van der Waals surface area (Å²) in [7, 11) is 0. The van der Waals surface area contributed by atoms with Crippen LogP contribution in [0.15, 0.2) is 18.5 Å². The van der Waals surface area contributed by atoms with E-state index in [9.17, 15) is 4.39 Å². The fourth-order valence-electron chi connectivity index (χ4n) is 1.14. The van der Waals surface area contributed by atoms with Crippen molar-refractivity contribution in [3.8, 4) is 10.6 Å². The first-order valence-electron chi connectivity index (χ1n) is 4.43. The van der Waals surface area contributed by atoms with Gasteiger partial charge in [-0.25, -0.2) is 4.39 Å². The molecule has 0 unspecified atom stereocenters. The van der Waals surface area contributed by atoms with Crippen LogP contribution in [0.2, 0.25) is 0 Å². The first-order valence-corrected chi connectivity index (χ1v) is 5.25. The predicted octanol–water partition coefficient (Wildman–Crippen LogP) is 1.24. The van der Waals surface area contributed by atoms with E-state index in [2.05, 4.69) is 15.2 Å². The number of halogens is 1. The molecule has 0 saturated carbocycles. The summed E-state index contributed by atoms with van der Waals surface area (Å²) in [6.45, 7) is 0.521. The van der Waals surface area contributed by atoms with E-state index in [4.69, 9.17) is 5.73 Å². The maximum Gasteiger partial charge on any atom is 0.151 e. The van der Waals surface area contributed by atoms with Crippen molar-refractivity contribution in [2.24, 2.45) is 5.73 Å². The summed E-state index contributed by atoms with van der Waals surface area (Å²) < 4.78 is 13.3. The van der Waals surface area contributed by atoms with Gasteiger partial charge in [-0.1, -0.05) is 11.3 Å². The SMILES string of the molecule is NCCc1nnc(-c2ccncc2F)s1. The Kier molecular flexibility index (Phi) is 2.98. The molecule has 78 valence electrons. The Labute approximate surface area is 90.0 Å². The summed E-state index contributed by atoms with van der Waals surface area (Å²) in [5.74, 6) is -0.382. The molecule has 6 heteroatoms. The van der Waals surface area contributed by atoms with E-state index in [1.165, 1.54) is 23.7 Å². The summed E-state index contributed by atoms with van der Waals surface area (Å²) in [5, 5.41) is 9.23. The molecule has 2 N–H and O–H groups in total. The molecule has 15 heavy (non-hydrogen) atoms. The molecule has 0 aromatic carbocycles. The van der Waals surface area contributed by atoms with E-state index >= 15 is 0 Å². The van der Waals surface area contributed by atoms with E-state index in [1.807, 2.05) is 0 Å². The summed E-state index contributed by atoms with van der Waals surface area (Å²) in [6, 6.07) is 1.59. The van der Waals surface area contributed by atoms with E-state index in [-0.39, 0.29) is 5.82 Å². The minimum absolute atomic E-state index is 0.382. The lowest BCUT2D eigenvalue weighted by Gasteiger charge is -1.94. The van der Waals surface area contributed by atoms with Crippen LogP contribution < -0.4 is 5.73 Å². The molecular formula is C9H9FN4S. The van der Waals surface area contributed by atoms with Gasteiger partial charge in [0.05, 0.1) is 11.8 Å². The van der Waals surface area contributed by atoms with E-state index in [1.54, 1.807) is 6.07 Å². The zero-order valence-corrected chi connectivity index (χ0v) is 8.67. The smallest absolute Gasteiger partial charge is 0.151 e. The number of hydrogen-bond donors (Lipinski definition) is 1. The van der Waals surface area contributed by atoms with Gasteiger partial charge in [-0.15, -0.1) is 10.2 Å².